The summed E-state index contributed by atoms with van der Waals surface area (Å²) in [6, 6.07) is 12.0. The van der Waals surface area contributed by atoms with Crippen LogP contribution in [-0.4, -0.2) is 79.9 Å². The molecule has 3 N–H and O–H groups in total. The smallest absolute Gasteiger partial charge is 0.305 e. The largest absolute Gasteiger partial charge is 0.481 e. The van der Waals surface area contributed by atoms with Crippen LogP contribution in [0, 0.1) is 0 Å². The number of hydrogen-bond donors (Lipinski definition) is 3. The van der Waals surface area contributed by atoms with E-state index in [1.807, 2.05) is 0 Å². The number of ether oxygens (including phenoxy) is 1. The van der Waals surface area contributed by atoms with Gasteiger partial charge >= 0.3 is 5.97 Å². The van der Waals surface area contributed by atoms with E-state index >= 15 is 0 Å². The third kappa shape index (κ3) is 6.76. The van der Waals surface area contributed by atoms with E-state index in [0.29, 0.717) is 11.3 Å². The van der Waals surface area contributed by atoms with Gasteiger partial charge in [-0.2, -0.15) is 0 Å². The first-order valence-electron chi connectivity index (χ1n) is 11.3. The number of fused-ring (bicyclic) bond motifs is 1. The lowest BCUT2D eigenvalue weighted by atomic mass is 10.1. The maximum Gasteiger partial charge on any atom is 0.305 e. The van der Waals surface area contributed by atoms with Crippen LogP contribution in [0.1, 0.15) is 16.8 Å². The zero-order chi connectivity index (χ0) is 26.9. The predicted molar refractivity (Wildman–Crippen MR) is 131 cm³/mol. The summed E-state index contributed by atoms with van der Waals surface area (Å²) >= 11 is 0. The molecule has 0 bridgehead atoms. The number of methoxy groups -OCH3 is 1. The van der Waals surface area contributed by atoms with Crippen molar-refractivity contribution >= 4 is 47.3 Å². The third-order valence-electron chi connectivity index (χ3n) is 5.51. The molecule has 37 heavy (non-hydrogen) atoms. The van der Waals surface area contributed by atoms with Gasteiger partial charge < -0.3 is 30.2 Å². The number of aliphatic carboxylic acids is 1. The average molecular weight is 511 g/mol. The molecular formula is C25H26N4O8. The monoisotopic (exact) mass is 510 g/mol. The van der Waals surface area contributed by atoms with Gasteiger partial charge in [0.25, 0.3) is 17.7 Å². The number of carbonyl (C=O) groups is 6. The van der Waals surface area contributed by atoms with E-state index in [9.17, 15) is 28.8 Å². The van der Waals surface area contributed by atoms with Crippen molar-refractivity contribution in [1.82, 2.24) is 10.6 Å². The second-order valence-electron chi connectivity index (χ2n) is 8.15. The summed E-state index contributed by atoms with van der Waals surface area (Å²) in [6.45, 7) is -1.12. The highest BCUT2D eigenvalue weighted by Gasteiger charge is 2.37. The summed E-state index contributed by atoms with van der Waals surface area (Å²) in [4.78, 5) is 76.8. The second kappa shape index (κ2) is 12.4. The molecular weight excluding hydrogens is 484 g/mol. The molecule has 2 atom stereocenters. The summed E-state index contributed by atoms with van der Waals surface area (Å²) in [5, 5.41) is 13.9. The molecule has 0 saturated carbocycles. The maximum atomic E-state index is 13.7. The molecule has 2 aromatic rings. The molecule has 0 saturated heterocycles. The summed E-state index contributed by atoms with van der Waals surface area (Å²) < 4.78 is 4.98. The number of benzene rings is 2. The number of hydrogen-bond acceptors (Lipinski definition) is 7. The first kappa shape index (κ1) is 27.0. The normalized spacial score (nSPS) is 15.7. The van der Waals surface area contributed by atoms with Crippen molar-refractivity contribution in [2.45, 2.75) is 18.5 Å². The minimum atomic E-state index is -1.30. The molecule has 3 rings (SSSR count). The second-order valence-corrected chi connectivity index (χ2v) is 8.15. The highest BCUT2D eigenvalue weighted by atomic mass is 16.5. The van der Waals surface area contributed by atoms with Gasteiger partial charge in [0.1, 0.15) is 25.5 Å². The highest BCUT2D eigenvalue weighted by Crippen LogP contribution is 2.33. The van der Waals surface area contributed by atoms with Crippen molar-refractivity contribution in [3.8, 4) is 0 Å². The van der Waals surface area contributed by atoms with E-state index < -0.39 is 54.6 Å². The quantitative estimate of drug-likeness (QED) is 0.375. The lowest BCUT2D eigenvalue weighted by Gasteiger charge is -2.25. The lowest BCUT2D eigenvalue weighted by molar-refractivity contribution is -0.139. The Morgan fingerprint density at radius 2 is 1.73 bits per heavy atom. The van der Waals surface area contributed by atoms with Gasteiger partial charge in [0, 0.05) is 12.7 Å². The van der Waals surface area contributed by atoms with Crippen molar-refractivity contribution in [2.75, 3.05) is 36.6 Å². The first-order chi connectivity index (χ1) is 17.7. The molecule has 12 nitrogen and oxygen atoms in total. The van der Waals surface area contributed by atoms with Crippen molar-refractivity contribution in [3.05, 3.63) is 60.2 Å². The van der Waals surface area contributed by atoms with E-state index in [1.165, 1.54) is 18.1 Å². The summed E-state index contributed by atoms with van der Waals surface area (Å²) in [7, 11) is 1.35. The molecule has 0 radical (unpaired) electrons. The number of nitrogens with zero attached hydrogens (tertiary/aromatic N) is 2. The number of carboxylic acids is 1. The number of aldehydes is 1. The topological polar surface area (TPSA) is 162 Å². The van der Waals surface area contributed by atoms with Gasteiger partial charge in [0.15, 0.2) is 0 Å². The van der Waals surface area contributed by atoms with Crippen LogP contribution in [0.2, 0.25) is 0 Å². The summed E-state index contributed by atoms with van der Waals surface area (Å²) in [5.74, 6) is -3.80. The fourth-order valence-electron chi connectivity index (χ4n) is 3.84. The van der Waals surface area contributed by atoms with Gasteiger partial charge in [-0.3, -0.25) is 28.9 Å². The zero-order valence-corrected chi connectivity index (χ0v) is 20.0. The fourth-order valence-corrected chi connectivity index (χ4v) is 3.84. The Labute approximate surface area is 212 Å². The van der Waals surface area contributed by atoms with E-state index in [2.05, 4.69) is 10.6 Å². The van der Waals surface area contributed by atoms with Crippen LogP contribution < -0.4 is 20.4 Å². The lowest BCUT2D eigenvalue weighted by Crippen LogP contribution is -2.55. The molecule has 12 heteroatoms. The first-order valence-corrected chi connectivity index (χ1v) is 11.3. The predicted octanol–water partition coefficient (Wildman–Crippen LogP) is -0.0304. The van der Waals surface area contributed by atoms with E-state index in [1.54, 1.807) is 48.5 Å². The number of rotatable bonds is 10. The number of amides is 4. The number of carboxylic acid groups (broad SMARTS) is 1. The molecule has 0 spiro atoms. The minimum Gasteiger partial charge on any atom is -0.481 e. The molecule has 0 aliphatic carbocycles. The molecule has 1 aliphatic rings. The van der Waals surface area contributed by atoms with Crippen LogP contribution in [0.4, 0.5) is 11.4 Å². The van der Waals surface area contributed by atoms with Gasteiger partial charge in [-0.25, -0.2) is 0 Å². The highest BCUT2D eigenvalue weighted by molar-refractivity contribution is 6.11. The molecule has 2 aromatic carbocycles. The van der Waals surface area contributed by atoms with Crippen LogP contribution in [0.25, 0.3) is 0 Å². The molecule has 0 unspecified atom stereocenters. The Hall–Kier alpha value is -4.58. The molecule has 1 aliphatic heterocycles. The van der Waals surface area contributed by atoms with Crippen LogP contribution in [0.3, 0.4) is 0 Å². The zero-order valence-electron chi connectivity index (χ0n) is 20.0. The number of anilines is 2. The van der Waals surface area contributed by atoms with Gasteiger partial charge in [-0.15, -0.1) is 0 Å². The van der Waals surface area contributed by atoms with Crippen molar-refractivity contribution in [1.29, 1.82) is 0 Å². The molecule has 0 aromatic heterocycles. The van der Waals surface area contributed by atoms with Gasteiger partial charge in [0.05, 0.1) is 30.4 Å². The van der Waals surface area contributed by atoms with Gasteiger partial charge in [-0.1, -0.05) is 30.3 Å². The summed E-state index contributed by atoms with van der Waals surface area (Å²) in [5.41, 5.74) is 0.808. The third-order valence-corrected chi connectivity index (χ3v) is 5.51. The molecule has 4 amide bonds. The number of nitrogens with one attached hydrogen (secondary N) is 2. The fraction of sp³-hybridized carbons (Fsp3) is 0.280. The molecule has 0 fully saturated rings. The molecule has 194 valence electrons. The van der Waals surface area contributed by atoms with Crippen LogP contribution in [0.5, 0.6) is 0 Å². The Kier molecular flexibility index (Phi) is 9.05. The van der Waals surface area contributed by atoms with Gasteiger partial charge in [0.2, 0.25) is 5.91 Å². The minimum absolute atomic E-state index is 0.212. The van der Waals surface area contributed by atoms with E-state index in [0.717, 1.165) is 4.90 Å². The van der Waals surface area contributed by atoms with Crippen LogP contribution in [0.15, 0.2) is 54.6 Å². The van der Waals surface area contributed by atoms with Crippen LogP contribution in [-0.2, 0) is 28.7 Å². The van der Waals surface area contributed by atoms with Crippen molar-refractivity contribution < 1.29 is 38.6 Å². The standard InChI is InChI=1S/C25H26N4O8/c1-37-15-22(32)28-12-18(27-24(35)16-7-3-2-4-8-16)25(36)29(20-10-6-5-9-19(20)28)13-21(31)26-17(14-30)11-23(33)34/h2-10,14,17-18H,11-13,15H2,1H3,(H,26,31)(H,27,35)(H,33,34)/t17-,18-/m0/s1. The molecule has 1 heterocycles. The van der Waals surface area contributed by atoms with Crippen LogP contribution >= 0.6 is 0 Å². The number of carbonyl (C=O) groups excluding carboxylic acids is 5. The number of para-hydroxylation sites is 2. The van der Waals surface area contributed by atoms with Gasteiger partial charge in [-0.05, 0) is 24.3 Å². The Morgan fingerprint density at radius 1 is 1.08 bits per heavy atom. The Bertz CT molecular complexity index is 1190. The average Bonchev–Trinajstić information content (AvgIpc) is 2.99. The van der Waals surface area contributed by atoms with Crippen molar-refractivity contribution in [3.63, 3.8) is 0 Å². The SMILES string of the molecule is COCC(=O)N1C[C@H](NC(=O)c2ccccc2)C(=O)N(CC(=O)N[C@H](C=O)CC(=O)O)c2ccccc21. The van der Waals surface area contributed by atoms with Crippen molar-refractivity contribution in [2.24, 2.45) is 0 Å². The van der Waals surface area contributed by atoms with E-state index in [4.69, 9.17) is 9.84 Å². The van der Waals surface area contributed by atoms with E-state index in [-0.39, 0.29) is 25.1 Å². The Morgan fingerprint density at radius 3 is 2.35 bits per heavy atom. The summed E-state index contributed by atoms with van der Waals surface area (Å²) in [6.07, 6.45) is -0.340. The maximum absolute atomic E-state index is 13.7. The Balaban J connectivity index is 1.97.